The van der Waals surface area contributed by atoms with Crippen molar-refractivity contribution in [3.63, 3.8) is 0 Å². The lowest BCUT2D eigenvalue weighted by Crippen LogP contribution is -1.84. The predicted octanol–water partition coefficient (Wildman–Crippen LogP) is 3.77. The highest BCUT2D eigenvalue weighted by Gasteiger charge is 2.10. The van der Waals surface area contributed by atoms with Crippen molar-refractivity contribution in [3.8, 4) is 6.07 Å². The topological polar surface area (TPSA) is 78.5 Å². The van der Waals surface area contributed by atoms with Gasteiger partial charge in [0.1, 0.15) is 17.4 Å². The molecular formula is C17H10N4O. The quantitative estimate of drug-likeness (QED) is 0.569. The fraction of sp³-hybridized carbons (Fsp3) is 0. The highest BCUT2D eigenvalue weighted by molar-refractivity contribution is 5.90. The maximum Gasteiger partial charge on any atom is 0.178 e. The summed E-state index contributed by atoms with van der Waals surface area (Å²) >= 11 is 0. The van der Waals surface area contributed by atoms with Gasteiger partial charge in [0.05, 0.1) is 11.1 Å². The van der Waals surface area contributed by atoms with E-state index < -0.39 is 0 Å². The number of rotatable bonds is 2. The normalized spacial score (nSPS) is 11.9. The van der Waals surface area contributed by atoms with Crippen LogP contribution in [0, 0.1) is 11.3 Å². The van der Waals surface area contributed by atoms with E-state index in [1.807, 2.05) is 42.5 Å². The maximum atomic E-state index is 9.40. The average Bonchev–Trinajstić information content (AvgIpc) is 3.15. The van der Waals surface area contributed by atoms with Crippen LogP contribution in [0.15, 0.2) is 53.1 Å². The summed E-state index contributed by atoms with van der Waals surface area (Å²) in [6.07, 6.45) is 3.35. The predicted molar refractivity (Wildman–Crippen MR) is 83.6 cm³/mol. The Morgan fingerprint density at radius 3 is 2.95 bits per heavy atom. The molecule has 0 aliphatic carbocycles. The van der Waals surface area contributed by atoms with Gasteiger partial charge in [-0.15, -0.1) is 0 Å². The number of nitrogens with zero attached hydrogens (tertiary/aromatic N) is 3. The van der Waals surface area contributed by atoms with Gasteiger partial charge in [0.15, 0.2) is 11.5 Å². The Hall–Kier alpha value is -3.39. The highest BCUT2D eigenvalue weighted by Crippen LogP contribution is 2.23. The van der Waals surface area contributed by atoms with Crippen LogP contribution in [0.5, 0.6) is 0 Å². The van der Waals surface area contributed by atoms with Gasteiger partial charge >= 0.3 is 0 Å². The van der Waals surface area contributed by atoms with Crippen molar-refractivity contribution >= 4 is 33.8 Å². The monoisotopic (exact) mass is 286 g/mol. The zero-order valence-electron chi connectivity index (χ0n) is 11.4. The van der Waals surface area contributed by atoms with E-state index in [-0.39, 0.29) is 0 Å². The summed E-state index contributed by atoms with van der Waals surface area (Å²) < 4.78 is 5.71. The molecule has 0 saturated carbocycles. The van der Waals surface area contributed by atoms with Crippen molar-refractivity contribution < 1.29 is 4.42 Å². The summed E-state index contributed by atoms with van der Waals surface area (Å²) in [6.45, 7) is 0. The van der Waals surface area contributed by atoms with Crippen molar-refractivity contribution in [3.05, 3.63) is 60.2 Å². The molecule has 104 valence electrons. The molecule has 4 rings (SSSR count). The molecule has 3 aromatic heterocycles. The van der Waals surface area contributed by atoms with E-state index in [0.717, 1.165) is 16.5 Å². The number of allylic oxidation sites excluding steroid dienone is 1. The summed E-state index contributed by atoms with van der Waals surface area (Å²) in [6, 6.07) is 15.5. The van der Waals surface area contributed by atoms with Crippen LogP contribution in [-0.2, 0) is 0 Å². The Bertz CT molecular complexity index is 983. The number of aromatic amines is 1. The van der Waals surface area contributed by atoms with E-state index in [0.29, 0.717) is 22.8 Å². The Labute approximate surface area is 125 Å². The number of para-hydroxylation sites is 1. The summed E-state index contributed by atoms with van der Waals surface area (Å²) in [7, 11) is 0. The molecule has 1 N–H and O–H groups in total. The van der Waals surface area contributed by atoms with Crippen LogP contribution in [0.4, 0.5) is 0 Å². The highest BCUT2D eigenvalue weighted by atomic mass is 16.3. The van der Waals surface area contributed by atoms with Crippen LogP contribution >= 0.6 is 0 Å². The zero-order chi connectivity index (χ0) is 14.9. The number of hydrogen-bond donors (Lipinski definition) is 1. The summed E-state index contributed by atoms with van der Waals surface area (Å²) in [5.41, 5.74) is 2.57. The van der Waals surface area contributed by atoms with Gasteiger partial charge in [-0.1, -0.05) is 18.2 Å². The Morgan fingerprint density at radius 2 is 2.14 bits per heavy atom. The van der Waals surface area contributed by atoms with Crippen LogP contribution in [-0.4, -0.2) is 15.0 Å². The van der Waals surface area contributed by atoms with Crippen molar-refractivity contribution in [2.75, 3.05) is 0 Å². The largest absolute Gasteiger partial charge is 0.457 e. The molecular weight excluding hydrogens is 276 g/mol. The first kappa shape index (κ1) is 12.4. The third kappa shape index (κ3) is 2.03. The van der Waals surface area contributed by atoms with Crippen LogP contribution in [0.2, 0.25) is 0 Å². The van der Waals surface area contributed by atoms with E-state index in [4.69, 9.17) is 4.42 Å². The van der Waals surface area contributed by atoms with Crippen LogP contribution in [0.25, 0.3) is 33.8 Å². The number of pyridine rings is 1. The lowest BCUT2D eigenvalue weighted by atomic mass is 10.2. The van der Waals surface area contributed by atoms with Crippen molar-refractivity contribution in [2.24, 2.45) is 0 Å². The minimum absolute atomic E-state index is 0.400. The Morgan fingerprint density at radius 1 is 1.23 bits per heavy atom. The molecule has 0 unspecified atom stereocenters. The molecule has 0 aliphatic rings. The van der Waals surface area contributed by atoms with Gasteiger partial charge in [0.25, 0.3) is 0 Å². The molecule has 5 nitrogen and oxygen atoms in total. The molecule has 4 aromatic rings. The Balaban J connectivity index is 1.82. The van der Waals surface area contributed by atoms with Gasteiger partial charge in [0.2, 0.25) is 0 Å². The number of imidazole rings is 1. The molecule has 22 heavy (non-hydrogen) atoms. The van der Waals surface area contributed by atoms with Gasteiger partial charge in [-0.3, -0.25) is 0 Å². The van der Waals surface area contributed by atoms with Crippen LogP contribution in [0.3, 0.4) is 0 Å². The second-order valence-corrected chi connectivity index (χ2v) is 4.82. The first-order chi connectivity index (χ1) is 10.8. The molecule has 0 amide bonds. The fourth-order valence-corrected chi connectivity index (χ4v) is 2.34. The van der Waals surface area contributed by atoms with Gasteiger partial charge in [-0.05, 0) is 24.3 Å². The number of benzene rings is 1. The standard InChI is InChI=1S/C17H10N4O/c18-10-12(16-20-14-5-3-7-19-17(14)21-16)9-13-8-11-4-1-2-6-15(11)22-13/h1-9H,(H,19,20,21)/b12-9+. The first-order valence-corrected chi connectivity index (χ1v) is 6.75. The van der Waals surface area contributed by atoms with Gasteiger partial charge in [0, 0.05) is 17.7 Å². The first-order valence-electron chi connectivity index (χ1n) is 6.75. The minimum Gasteiger partial charge on any atom is -0.457 e. The molecule has 0 saturated heterocycles. The van der Waals surface area contributed by atoms with Crippen LogP contribution in [0.1, 0.15) is 11.6 Å². The molecule has 0 radical (unpaired) electrons. The number of nitrogens with one attached hydrogen (secondary N) is 1. The molecule has 5 heteroatoms. The molecule has 0 fully saturated rings. The summed E-state index contributed by atoms with van der Waals surface area (Å²) in [4.78, 5) is 11.6. The number of hydrogen-bond acceptors (Lipinski definition) is 4. The number of H-pyrrole nitrogens is 1. The van der Waals surface area contributed by atoms with Crippen molar-refractivity contribution in [1.29, 1.82) is 5.26 Å². The van der Waals surface area contributed by atoms with Gasteiger partial charge in [-0.25, -0.2) is 9.97 Å². The third-order valence-corrected chi connectivity index (χ3v) is 3.36. The smallest absolute Gasteiger partial charge is 0.178 e. The molecule has 3 heterocycles. The molecule has 0 spiro atoms. The van der Waals surface area contributed by atoms with E-state index in [1.54, 1.807) is 12.3 Å². The Kier molecular flexibility index (Phi) is 2.73. The van der Waals surface area contributed by atoms with Gasteiger partial charge in [-0.2, -0.15) is 5.26 Å². The number of furan rings is 1. The van der Waals surface area contributed by atoms with Gasteiger partial charge < -0.3 is 9.40 Å². The van der Waals surface area contributed by atoms with Crippen LogP contribution < -0.4 is 0 Å². The molecule has 0 bridgehead atoms. The lowest BCUT2D eigenvalue weighted by Gasteiger charge is -1.91. The van der Waals surface area contributed by atoms with E-state index >= 15 is 0 Å². The number of fused-ring (bicyclic) bond motifs is 2. The maximum absolute atomic E-state index is 9.40. The minimum atomic E-state index is 0.400. The third-order valence-electron chi connectivity index (χ3n) is 3.36. The second kappa shape index (κ2) is 4.86. The summed E-state index contributed by atoms with van der Waals surface area (Å²) in [5, 5.41) is 10.4. The lowest BCUT2D eigenvalue weighted by molar-refractivity contribution is 0.604. The van der Waals surface area contributed by atoms with E-state index in [2.05, 4.69) is 21.0 Å². The molecule has 0 aliphatic heterocycles. The average molecular weight is 286 g/mol. The second-order valence-electron chi connectivity index (χ2n) is 4.82. The number of aromatic nitrogens is 3. The fourth-order valence-electron chi connectivity index (χ4n) is 2.34. The molecule has 0 atom stereocenters. The van der Waals surface area contributed by atoms with E-state index in [9.17, 15) is 5.26 Å². The zero-order valence-corrected chi connectivity index (χ0v) is 11.4. The molecule has 1 aromatic carbocycles. The van der Waals surface area contributed by atoms with Crippen molar-refractivity contribution in [1.82, 2.24) is 15.0 Å². The SMILES string of the molecule is N#C/C(=C\c1cc2ccccc2o1)c1nc2ncccc2[nH]1. The van der Waals surface area contributed by atoms with E-state index in [1.165, 1.54) is 0 Å². The van der Waals surface area contributed by atoms with Crippen molar-refractivity contribution in [2.45, 2.75) is 0 Å². The summed E-state index contributed by atoms with van der Waals surface area (Å²) in [5.74, 6) is 1.10. The number of nitriles is 1.